The van der Waals surface area contributed by atoms with Crippen LogP contribution in [0.2, 0.25) is 0 Å². The lowest BCUT2D eigenvalue weighted by Crippen LogP contribution is -2.43. The van der Waals surface area contributed by atoms with Gasteiger partial charge in [-0.3, -0.25) is 4.90 Å². The molecule has 2 aliphatic carbocycles. The van der Waals surface area contributed by atoms with Gasteiger partial charge in [0.25, 0.3) is 0 Å². The molecule has 1 saturated heterocycles. The molecule has 3 aliphatic rings. The van der Waals surface area contributed by atoms with Crippen LogP contribution in [0.1, 0.15) is 54.7 Å². The Kier molecular flexibility index (Phi) is 6.48. The van der Waals surface area contributed by atoms with Crippen LogP contribution < -0.4 is 5.32 Å². The molecule has 0 aromatic heterocycles. The first kappa shape index (κ1) is 20.5. The van der Waals surface area contributed by atoms with Gasteiger partial charge in [-0.2, -0.15) is 0 Å². The minimum atomic E-state index is 0.686. The Morgan fingerprint density at radius 2 is 1.71 bits per heavy atom. The Balaban J connectivity index is 1.05. The predicted octanol–water partition coefficient (Wildman–Crippen LogP) is 6.09. The molecule has 1 saturated carbocycles. The zero-order chi connectivity index (χ0) is 20.9. The molecule has 0 radical (unpaired) electrons. The van der Waals surface area contributed by atoms with Gasteiger partial charge < -0.3 is 5.32 Å². The summed E-state index contributed by atoms with van der Waals surface area (Å²) in [4.78, 5) is 2.61. The molecule has 2 aromatic carbocycles. The maximum absolute atomic E-state index is 3.93. The van der Waals surface area contributed by atoms with Crippen molar-refractivity contribution in [3.05, 3.63) is 101 Å². The largest absolute Gasteiger partial charge is 0.311 e. The molecule has 1 heterocycles. The first-order valence-electron chi connectivity index (χ1n) is 12.0. The lowest BCUT2D eigenvalue weighted by Gasteiger charge is -2.32. The third-order valence-corrected chi connectivity index (χ3v) is 6.93. The second-order valence-corrected chi connectivity index (χ2v) is 9.34. The summed E-state index contributed by atoms with van der Waals surface area (Å²) < 4.78 is 0. The highest BCUT2D eigenvalue weighted by atomic mass is 15.1. The van der Waals surface area contributed by atoms with E-state index in [-0.39, 0.29) is 0 Å². The van der Waals surface area contributed by atoms with Crippen LogP contribution in [-0.4, -0.2) is 30.1 Å². The lowest BCUT2D eigenvalue weighted by atomic mass is 10.0. The second kappa shape index (κ2) is 9.80. The molecular weight excluding hydrogens is 376 g/mol. The van der Waals surface area contributed by atoms with E-state index in [1.165, 1.54) is 61.0 Å². The van der Waals surface area contributed by atoms with Crippen molar-refractivity contribution >= 4 is 6.08 Å². The van der Waals surface area contributed by atoms with Crippen molar-refractivity contribution < 1.29 is 0 Å². The van der Waals surface area contributed by atoms with Crippen molar-refractivity contribution in [2.24, 2.45) is 0 Å². The van der Waals surface area contributed by atoms with Gasteiger partial charge in [-0.15, -0.1) is 0 Å². The summed E-state index contributed by atoms with van der Waals surface area (Å²) in [6.45, 7) is 3.46. The molecule has 0 spiro atoms. The van der Waals surface area contributed by atoms with Crippen LogP contribution in [-0.2, 0) is 6.54 Å². The summed E-state index contributed by atoms with van der Waals surface area (Å²) in [5.74, 6) is 0.734. The van der Waals surface area contributed by atoms with E-state index in [9.17, 15) is 0 Å². The fraction of sp³-hybridized carbons (Fsp3) is 0.379. The van der Waals surface area contributed by atoms with E-state index in [1.54, 1.807) is 0 Å². The minimum Gasteiger partial charge on any atom is -0.311 e. The first-order valence-corrected chi connectivity index (χ1v) is 12.0. The third-order valence-electron chi connectivity index (χ3n) is 6.93. The van der Waals surface area contributed by atoms with Crippen LogP contribution in [0.15, 0.2) is 84.5 Å². The quantitative estimate of drug-likeness (QED) is 0.594. The highest BCUT2D eigenvalue weighted by molar-refractivity contribution is 5.55. The van der Waals surface area contributed by atoms with Crippen molar-refractivity contribution in [2.75, 3.05) is 13.1 Å². The SMILES string of the molecule is C1=CC(/C=C/c2ccc(CN3CCC(N[C@@H]4C[C@H]4c4ccccc4)CC3)cc2)=CCC1. The number of piperidine rings is 1. The van der Waals surface area contributed by atoms with Crippen LogP contribution in [0.5, 0.6) is 0 Å². The average molecular weight is 411 g/mol. The zero-order valence-corrected chi connectivity index (χ0v) is 18.4. The van der Waals surface area contributed by atoms with Crippen LogP contribution in [0.3, 0.4) is 0 Å². The minimum absolute atomic E-state index is 0.686. The summed E-state index contributed by atoms with van der Waals surface area (Å²) in [6, 6.07) is 21.5. The van der Waals surface area contributed by atoms with E-state index >= 15 is 0 Å². The number of hydrogen-bond acceptors (Lipinski definition) is 2. The van der Waals surface area contributed by atoms with Crippen molar-refractivity contribution in [1.29, 1.82) is 0 Å². The standard InChI is InChI=1S/C29H34N2/c1-3-7-23(8-4-1)11-12-24-13-15-25(16-14-24)22-31-19-17-27(18-20-31)30-29-21-28(29)26-9-5-2-6-10-26/h2-3,5-16,27-30H,1,4,17-22H2/b12-11+/t28-,29+/m0/s1. The highest BCUT2D eigenvalue weighted by Crippen LogP contribution is 2.41. The molecule has 160 valence electrons. The molecule has 2 nitrogen and oxygen atoms in total. The van der Waals surface area contributed by atoms with E-state index in [0.29, 0.717) is 12.1 Å². The van der Waals surface area contributed by atoms with Gasteiger partial charge in [0.1, 0.15) is 0 Å². The Labute approximate surface area is 187 Å². The molecule has 1 N–H and O–H groups in total. The smallest absolute Gasteiger partial charge is 0.0233 e. The molecule has 0 amide bonds. The van der Waals surface area contributed by atoms with Gasteiger partial charge in [0.2, 0.25) is 0 Å². The van der Waals surface area contributed by atoms with E-state index in [2.05, 4.69) is 95.2 Å². The number of allylic oxidation sites excluding steroid dienone is 5. The summed E-state index contributed by atoms with van der Waals surface area (Å²) >= 11 is 0. The third kappa shape index (κ3) is 5.64. The van der Waals surface area contributed by atoms with E-state index < -0.39 is 0 Å². The Hall–Kier alpha value is -2.42. The summed E-state index contributed by atoms with van der Waals surface area (Å²) in [7, 11) is 0. The van der Waals surface area contributed by atoms with Gasteiger partial charge in [-0.25, -0.2) is 0 Å². The van der Waals surface area contributed by atoms with Gasteiger partial charge in [-0.05, 0) is 67.5 Å². The average Bonchev–Trinajstić information content (AvgIpc) is 3.60. The van der Waals surface area contributed by atoms with Crippen molar-refractivity contribution in [3.63, 3.8) is 0 Å². The van der Waals surface area contributed by atoms with Gasteiger partial charge >= 0.3 is 0 Å². The van der Waals surface area contributed by atoms with Crippen LogP contribution in [0, 0.1) is 0 Å². The zero-order valence-electron chi connectivity index (χ0n) is 18.4. The molecule has 2 aromatic rings. The molecule has 31 heavy (non-hydrogen) atoms. The Morgan fingerprint density at radius 1 is 0.903 bits per heavy atom. The van der Waals surface area contributed by atoms with Crippen molar-refractivity contribution in [2.45, 2.75) is 56.7 Å². The number of likely N-dealkylation sites (tertiary alicyclic amines) is 1. The number of rotatable bonds is 7. The Bertz CT molecular complexity index is 930. The topological polar surface area (TPSA) is 15.3 Å². The molecule has 5 rings (SSSR count). The van der Waals surface area contributed by atoms with E-state index in [0.717, 1.165) is 18.9 Å². The van der Waals surface area contributed by atoms with E-state index in [1.807, 2.05) is 0 Å². The Morgan fingerprint density at radius 3 is 2.45 bits per heavy atom. The van der Waals surface area contributed by atoms with Gasteiger partial charge in [-0.1, -0.05) is 85.0 Å². The lowest BCUT2D eigenvalue weighted by molar-refractivity contribution is 0.189. The number of nitrogens with one attached hydrogen (secondary N) is 1. The maximum Gasteiger partial charge on any atom is 0.0233 e. The van der Waals surface area contributed by atoms with Gasteiger partial charge in [0.15, 0.2) is 0 Å². The molecular formula is C29H34N2. The maximum atomic E-state index is 3.93. The van der Waals surface area contributed by atoms with Gasteiger partial charge in [0, 0.05) is 24.5 Å². The molecule has 2 fully saturated rings. The summed E-state index contributed by atoms with van der Waals surface area (Å²) in [5.41, 5.74) is 5.53. The monoisotopic (exact) mass is 410 g/mol. The van der Waals surface area contributed by atoms with Crippen LogP contribution >= 0.6 is 0 Å². The van der Waals surface area contributed by atoms with Crippen molar-refractivity contribution in [3.8, 4) is 0 Å². The molecule has 0 bridgehead atoms. The second-order valence-electron chi connectivity index (χ2n) is 9.34. The summed E-state index contributed by atoms with van der Waals surface area (Å²) in [6.07, 6.45) is 17.4. The fourth-order valence-electron chi connectivity index (χ4n) is 4.95. The highest BCUT2D eigenvalue weighted by Gasteiger charge is 2.39. The predicted molar refractivity (Wildman–Crippen MR) is 131 cm³/mol. The molecule has 2 heteroatoms. The fourth-order valence-corrected chi connectivity index (χ4v) is 4.95. The molecule has 2 atom stereocenters. The van der Waals surface area contributed by atoms with E-state index in [4.69, 9.17) is 0 Å². The number of nitrogens with zero attached hydrogens (tertiary/aromatic N) is 1. The number of hydrogen-bond donors (Lipinski definition) is 1. The van der Waals surface area contributed by atoms with Crippen LogP contribution in [0.25, 0.3) is 6.08 Å². The molecule has 0 unspecified atom stereocenters. The normalized spacial score (nSPS) is 24.5. The van der Waals surface area contributed by atoms with Crippen molar-refractivity contribution in [1.82, 2.24) is 10.2 Å². The van der Waals surface area contributed by atoms with Crippen LogP contribution in [0.4, 0.5) is 0 Å². The summed E-state index contributed by atoms with van der Waals surface area (Å²) in [5, 5.41) is 3.93. The number of benzene rings is 2. The first-order chi connectivity index (χ1) is 15.3. The molecule has 1 aliphatic heterocycles. The van der Waals surface area contributed by atoms with Gasteiger partial charge in [0.05, 0.1) is 0 Å².